The Morgan fingerprint density at radius 1 is 1.11 bits per heavy atom. The van der Waals surface area contributed by atoms with Crippen molar-refractivity contribution in [1.29, 1.82) is 0 Å². The molecule has 2 heterocycles. The molecule has 28 heavy (non-hydrogen) atoms. The summed E-state index contributed by atoms with van der Waals surface area (Å²) in [6.07, 6.45) is 3.85. The summed E-state index contributed by atoms with van der Waals surface area (Å²) in [6.45, 7) is 6.04. The number of carbonyl (C=O) groups is 1. The SMILES string of the molecule is COc1ccc([C@@H](C)NC(=O)c2sc(-n3cccc3)nc2C(C)C)cc1OC. The van der Waals surface area contributed by atoms with Gasteiger partial charge in [0, 0.05) is 12.4 Å². The van der Waals surface area contributed by atoms with Crippen LogP contribution < -0.4 is 14.8 Å². The lowest BCUT2D eigenvalue weighted by molar-refractivity contribution is 0.0942. The molecule has 1 N–H and O–H groups in total. The Morgan fingerprint density at radius 3 is 2.39 bits per heavy atom. The zero-order valence-electron chi connectivity index (χ0n) is 16.7. The van der Waals surface area contributed by atoms with Crippen LogP contribution in [0.15, 0.2) is 42.7 Å². The van der Waals surface area contributed by atoms with E-state index in [1.165, 1.54) is 11.3 Å². The van der Waals surface area contributed by atoms with Crippen LogP contribution >= 0.6 is 11.3 Å². The second kappa shape index (κ2) is 8.48. The molecule has 1 aromatic carbocycles. The minimum absolute atomic E-state index is 0.123. The molecular formula is C21H25N3O3S. The number of rotatable bonds is 7. The summed E-state index contributed by atoms with van der Waals surface area (Å²) >= 11 is 1.40. The van der Waals surface area contributed by atoms with E-state index in [4.69, 9.17) is 9.47 Å². The Labute approximate surface area is 169 Å². The summed E-state index contributed by atoms with van der Waals surface area (Å²) in [7, 11) is 3.20. The fraction of sp³-hybridized carbons (Fsp3) is 0.333. The molecule has 0 saturated heterocycles. The number of carbonyl (C=O) groups excluding carboxylic acids is 1. The van der Waals surface area contributed by atoms with E-state index < -0.39 is 0 Å². The fourth-order valence-corrected chi connectivity index (χ4v) is 4.01. The molecule has 3 aromatic rings. The van der Waals surface area contributed by atoms with Crippen LogP contribution in [-0.4, -0.2) is 29.7 Å². The van der Waals surface area contributed by atoms with Crippen molar-refractivity contribution >= 4 is 17.2 Å². The number of hydrogen-bond acceptors (Lipinski definition) is 5. The zero-order valence-corrected chi connectivity index (χ0v) is 17.5. The number of amides is 1. The Balaban J connectivity index is 1.84. The van der Waals surface area contributed by atoms with Gasteiger partial charge in [0.25, 0.3) is 5.91 Å². The molecule has 6 nitrogen and oxygen atoms in total. The van der Waals surface area contributed by atoms with E-state index in [2.05, 4.69) is 10.3 Å². The highest BCUT2D eigenvalue weighted by molar-refractivity contribution is 7.16. The van der Waals surface area contributed by atoms with E-state index in [1.54, 1.807) is 14.2 Å². The molecule has 1 atom stereocenters. The van der Waals surface area contributed by atoms with Gasteiger partial charge in [-0.05, 0) is 42.7 Å². The highest BCUT2D eigenvalue weighted by atomic mass is 32.1. The Morgan fingerprint density at radius 2 is 1.79 bits per heavy atom. The summed E-state index contributed by atoms with van der Waals surface area (Å²) in [6, 6.07) is 9.33. The van der Waals surface area contributed by atoms with Gasteiger partial charge >= 0.3 is 0 Å². The van der Waals surface area contributed by atoms with Crippen molar-refractivity contribution in [3.63, 3.8) is 0 Å². The van der Waals surface area contributed by atoms with Crippen molar-refractivity contribution in [1.82, 2.24) is 14.9 Å². The van der Waals surface area contributed by atoms with Crippen molar-refractivity contribution in [2.75, 3.05) is 14.2 Å². The maximum Gasteiger partial charge on any atom is 0.263 e. The van der Waals surface area contributed by atoms with Gasteiger partial charge < -0.3 is 19.4 Å². The van der Waals surface area contributed by atoms with Crippen LogP contribution in [0.3, 0.4) is 0 Å². The number of thiazole rings is 1. The Hall–Kier alpha value is -2.80. The van der Waals surface area contributed by atoms with Crippen molar-refractivity contribution in [2.45, 2.75) is 32.7 Å². The first-order valence-electron chi connectivity index (χ1n) is 9.11. The van der Waals surface area contributed by atoms with Gasteiger partial charge in [0.1, 0.15) is 4.88 Å². The number of benzene rings is 1. The largest absolute Gasteiger partial charge is 0.493 e. The van der Waals surface area contributed by atoms with Crippen LogP contribution in [0.2, 0.25) is 0 Å². The molecule has 0 fully saturated rings. The molecule has 7 heteroatoms. The predicted octanol–water partition coefficient (Wildman–Crippen LogP) is 4.57. The van der Waals surface area contributed by atoms with Gasteiger partial charge in [-0.15, -0.1) is 0 Å². The third-order valence-corrected chi connectivity index (χ3v) is 5.56. The van der Waals surface area contributed by atoms with Crippen LogP contribution in [-0.2, 0) is 0 Å². The van der Waals surface area contributed by atoms with E-state index >= 15 is 0 Å². The van der Waals surface area contributed by atoms with Crippen LogP contribution in [0.25, 0.3) is 5.13 Å². The normalized spacial score (nSPS) is 12.1. The lowest BCUT2D eigenvalue weighted by Gasteiger charge is -2.16. The van der Waals surface area contributed by atoms with Crippen molar-refractivity contribution in [3.05, 3.63) is 58.9 Å². The molecule has 0 unspecified atom stereocenters. The van der Waals surface area contributed by atoms with Crippen LogP contribution in [0, 0.1) is 0 Å². The van der Waals surface area contributed by atoms with Gasteiger partial charge in [0.15, 0.2) is 16.6 Å². The number of methoxy groups -OCH3 is 2. The molecule has 3 rings (SSSR count). The molecular weight excluding hydrogens is 374 g/mol. The lowest BCUT2D eigenvalue weighted by atomic mass is 10.1. The molecule has 0 bridgehead atoms. The number of hydrogen-bond donors (Lipinski definition) is 1. The Bertz CT molecular complexity index is 948. The van der Waals surface area contributed by atoms with E-state index in [1.807, 2.05) is 68.1 Å². The fourth-order valence-electron chi connectivity index (χ4n) is 2.91. The average Bonchev–Trinajstić information content (AvgIpc) is 3.36. The van der Waals surface area contributed by atoms with E-state index in [-0.39, 0.29) is 17.9 Å². The molecule has 0 aliphatic carbocycles. The number of aromatic nitrogens is 2. The molecule has 0 saturated carbocycles. The first-order chi connectivity index (χ1) is 13.4. The van der Waals surface area contributed by atoms with E-state index in [0.29, 0.717) is 16.4 Å². The quantitative estimate of drug-likeness (QED) is 0.632. The molecule has 0 radical (unpaired) electrons. The molecule has 0 spiro atoms. The zero-order chi connectivity index (χ0) is 20.3. The highest BCUT2D eigenvalue weighted by Crippen LogP contribution is 2.31. The number of nitrogens with zero attached hydrogens (tertiary/aromatic N) is 2. The minimum Gasteiger partial charge on any atom is -0.493 e. The van der Waals surface area contributed by atoms with Crippen molar-refractivity contribution < 1.29 is 14.3 Å². The summed E-state index contributed by atoms with van der Waals surface area (Å²) < 4.78 is 12.6. The van der Waals surface area contributed by atoms with Gasteiger partial charge in [-0.3, -0.25) is 4.79 Å². The predicted molar refractivity (Wildman–Crippen MR) is 111 cm³/mol. The van der Waals surface area contributed by atoms with E-state index in [9.17, 15) is 4.79 Å². The second-order valence-corrected chi connectivity index (χ2v) is 7.74. The Kier molecular flexibility index (Phi) is 6.04. The number of ether oxygens (including phenoxy) is 2. The van der Waals surface area contributed by atoms with Gasteiger partial charge in [0.2, 0.25) is 0 Å². The average molecular weight is 400 g/mol. The standard InChI is InChI=1S/C21H25N3O3S/c1-13(2)18-19(28-21(23-18)24-10-6-7-11-24)20(25)22-14(3)15-8-9-16(26-4)17(12-15)27-5/h6-14H,1-5H3,(H,22,25)/t14-/m1/s1. The van der Waals surface area contributed by atoms with Crippen LogP contribution in [0.1, 0.15) is 53.7 Å². The molecule has 148 valence electrons. The van der Waals surface area contributed by atoms with Crippen LogP contribution in [0.4, 0.5) is 0 Å². The van der Waals surface area contributed by atoms with Crippen molar-refractivity contribution in [2.24, 2.45) is 0 Å². The number of nitrogens with one attached hydrogen (secondary N) is 1. The summed E-state index contributed by atoms with van der Waals surface area (Å²) in [4.78, 5) is 18.3. The summed E-state index contributed by atoms with van der Waals surface area (Å²) in [5, 5.41) is 3.87. The van der Waals surface area contributed by atoms with Gasteiger partial charge in [0.05, 0.1) is 26.0 Å². The highest BCUT2D eigenvalue weighted by Gasteiger charge is 2.22. The molecule has 1 amide bonds. The topological polar surface area (TPSA) is 65.4 Å². The monoisotopic (exact) mass is 399 g/mol. The van der Waals surface area contributed by atoms with Crippen LogP contribution in [0.5, 0.6) is 11.5 Å². The van der Waals surface area contributed by atoms with Gasteiger partial charge in [-0.1, -0.05) is 31.3 Å². The second-order valence-electron chi connectivity index (χ2n) is 6.77. The van der Waals surface area contributed by atoms with E-state index in [0.717, 1.165) is 16.4 Å². The third-order valence-electron chi connectivity index (χ3n) is 4.48. The maximum absolute atomic E-state index is 13.0. The molecule has 0 aliphatic heterocycles. The van der Waals surface area contributed by atoms with Crippen molar-refractivity contribution in [3.8, 4) is 16.6 Å². The first-order valence-corrected chi connectivity index (χ1v) is 9.93. The molecule has 0 aliphatic rings. The minimum atomic E-state index is -0.190. The summed E-state index contributed by atoms with van der Waals surface area (Å²) in [5.74, 6) is 1.32. The summed E-state index contributed by atoms with van der Waals surface area (Å²) in [5.41, 5.74) is 1.75. The molecule has 2 aromatic heterocycles. The third kappa shape index (κ3) is 4.04. The maximum atomic E-state index is 13.0. The first kappa shape index (κ1) is 19.9. The smallest absolute Gasteiger partial charge is 0.263 e. The lowest BCUT2D eigenvalue weighted by Crippen LogP contribution is -2.27. The van der Waals surface area contributed by atoms with Gasteiger partial charge in [-0.2, -0.15) is 0 Å². The van der Waals surface area contributed by atoms with Gasteiger partial charge in [-0.25, -0.2) is 4.98 Å².